The molecule has 0 radical (unpaired) electrons. The maximum absolute atomic E-state index is 6.21. The predicted octanol–water partition coefficient (Wildman–Crippen LogP) is 3.97. The molecular formula is C17H21NS. The third-order valence-corrected chi connectivity index (χ3v) is 4.27. The van der Waals surface area contributed by atoms with Gasteiger partial charge in [-0.3, -0.25) is 0 Å². The summed E-state index contributed by atoms with van der Waals surface area (Å²) in [5, 5.41) is 0. The van der Waals surface area contributed by atoms with Crippen molar-refractivity contribution in [3.05, 3.63) is 65.2 Å². The van der Waals surface area contributed by atoms with E-state index in [9.17, 15) is 0 Å². The van der Waals surface area contributed by atoms with Crippen molar-refractivity contribution in [1.82, 2.24) is 0 Å². The van der Waals surface area contributed by atoms with Crippen LogP contribution in [0.25, 0.3) is 0 Å². The molecule has 0 amide bonds. The topological polar surface area (TPSA) is 26.0 Å². The molecule has 2 aromatic rings. The van der Waals surface area contributed by atoms with Crippen molar-refractivity contribution in [2.75, 3.05) is 5.75 Å². The van der Waals surface area contributed by atoms with Crippen LogP contribution in [-0.4, -0.2) is 11.8 Å². The van der Waals surface area contributed by atoms with Gasteiger partial charge < -0.3 is 5.73 Å². The van der Waals surface area contributed by atoms with Gasteiger partial charge in [0.05, 0.1) is 0 Å². The van der Waals surface area contributed by atoms with Crippen molar-refractivity contribution in [2.24, 2.45) is 5.73 Å². The summed E-state index contributed by atoms with van der Waals surface area (Å²) in [5.41, 5.74) is 10.1. The van der Waals surface area contributed by atoms with E-state index >= 15 is 0 Å². The van der Waals surface area contributed by atoms with Crippen molar-refractivity contribution in [3.8, 4) is 0 Å². The molecule has 0 saturated carbocycles. The summed E-state index contributed by atoms with van der Waals surface area (Å²) in [6.45, 7) is 4.23. The van der Waals surface area contributed by atoms with Gasteiger partial charge in [-0.1, -0.05) is 47.5 Å². The summed E-state index contributed by atoms with van der Waals surface area (Å²) in [6, 6.07) is 17.4. The molecule has 1 atom stereocenters. The Morgan fingerprint density at radius 2 is 1.74 bits per heavy atom. The van der Waals surface area contributed by atoms with Gasteiger partial charge in [0.15, 0.2) is 0 Å². The Labute approximate surface area is 120 Å². The lowest BCUT2D eigenvalue weighted by molar-refractivity contribution is 0.748. The van der Waals surface area contributed by atoms with E-state index in [1.807, 2.05) is 11.8 Å². The highest BCUT2D eigenvalue weighted by Gasteiger charge is 2.05. The van der Waals surface area contributed by atoms with E-state index in [0.717, 1.165) is 12.2 Å². The summed E-state index contributed by atoms with van der Waals surface area (Å²) >= 11 is 1.84. The number of nitrogens with two attached hydrogens (primary N) is 1. The minimum Gasteiger partial charge on any atom is -0.327 e. The molecule has 0 aromatic heterocycles. The second-order valence-corrected chi connectivity index (χ2v) is 6.17. The summed E-state index contributed by atoms with van der Waals surface area (Å²) in [6.07, 6.45) is 0.945. The van der Waals surface area contributed by atoms with Gasteiger partial charge in [-0.15, -0.1) is 11.8 Å². The largest absolute Gasteiger partial charge is 0.327 e. The normalized spacial score (nSPS) is 12.4. The van der Waals surface area contributed by atoms with Gasteiger partial charge in [0, 0.05) is 16.7 Å². The van der Waals surface area contributed by atoms with E-state index in [2.05, 4.69) is 62.4 Å². The summed E-state index contributed by atoms with van der Waals surface area (Å²) in [7, 11) is 0. The van der Waals surface area contributed by atoms with Crippen molar-refractivity contribution in [2.45, 2.75) is 31.2 Å². The lowest BCUT2D eigenvalue weighted by Crippen LogP contribution is -2.25. The van der Waals surface area contributed by atoms with Crippen molar-refractivity contribution < 1.29 is 0 Å². The zero-order chi connectivity index (χ0) is 13.7. The third-order valence-electron chi connectivity index (χ3n) is 3.07. The number of rotatable bonds is 5. The fourth-order valence-corrected chi connectivity index (χ4v) is 2.89. The molecule has 2 rings (SSSR count). The van der Waals surface area contributed by atoms with E-state index in [1.54, 1.807) is 0 Å². The van der Waals surface area contributed by atoms with E-state index in [1.165, 1.54) is 21.6 Å². The molecule has 0 saturated heterocycles. The molecular weight excluding hydrogens is 250 g/mol. The van der Waals surface area contributed by atoms with E-state index < -0.39 is 0 Å². The Hall–Kier alpha value is -1.25. The highest BCUT2D eigenvalue weighted by atomic mass is 32.2. The average molecular weight is 271 g/mol. The standard InChI is InChI=1S/C17H21NS/c1-13-6-8-17(9-7-13)19-12-16(18)11-15-5-3-4-14(2)10-15/h3-10,16H,11-12,18H2,1-2H3. The van der Waals surface area contributed by atoms with Crippen molar-refractivity contribution in [1.29, 1.82) is 0 Å². The molecule has 2 heteroatoms. The number of thioether (sulfide) groups is 1. The fraction of sp³-hybridized carbons (Fsp3) is 0.294. The summed E-state index contributed by atoms with van der Waals surface area (Å²) in [5.74, 6) is 0.955. The second kappa shape index (κ2) is 6.78. The Bertz CT molecular complexity index is 519. The van der Waals surface area contributed by atoms with Gasteiger partial charge >= 0.3 is 0 Å². The molecule has 0 aliphatic heterocycles. The summed E-state index contributed by atoms with van der Waals surface area (Å²) in [4.78, 5) is 1.30. The second-order valence-electron chi connectivity index (χ2n) is 5.08. The van der Waals surface area contributed by atoms with Crippen LogP contribution in [0.15, 0.2) is 53.4 Å². The van der Waals surface area contributed by atoms with Gasteiger partial charge in [0.1, 0.15) is 0 Å². The van der Waals surface area contributed by atoms with Crippen molar-refractivity contribution >= 4 is 11.8 Å². The molecule has 0 spiro atoms. The molecule has 19 heavy (non-hydrogen) atoms. The highest BCUT2D eigenvalue weighted by molar-refractivity contribution is 7.99. The van der Waals surface area contributed by atoms with Crippen LogP contribution in [0.5, 0.6) is 0 Å². The average Bonchev–Trinajstić information content (AvgIpc) is 2.38. The molecule has 2 N–H and O–H groups in total. The van der Waals surface area contributed by atoms with Crippen LogP contribution in [0.4, 0.5) is 0 Å². The van der Waals surface area contributed by atoms with E-state index in [0.29, 0.717) is 0 Å². The molecule has 1 nitrogen and oxygen atoms in total. The maximum Gasteiger partial charge on any atom is 0.0174 e. The first-order valence-corrected chi connectivity index (χ1v) is 7.62. The lowest BCUT2D eigenvalue weighted by Gasteiger charge is -2.12. The molecule has 0 bridgehead atoms. The Kier molecular flexibility index (Phi) is 5.06. The first-order chi connectivity index (χ1) is 9.13. The highest BCUT2D eigenvalue weighted by Crippen LogP contribution is 2.19. The monoisotopic (exact) mass is 271 g/mol. The smallest absolute Gasteiger partial charge is 0.0174 e. The summed E-state index contributed by atoms with van der Waals surface area (Å²) < 4.78 is 0. The Morgan fingerprint density at radius 3 is 2.42 bits per heavy atom. The van der Waals surface area contributed by atoms with Gasteiger partial charge in [-0.2, -0.15) is 0 Å². The number of aryl methyl sites for hydroxylation is 2. The number of benzene rings is 2. The predicted molar refractivity (Wildman–Crippen MR) is 84.8 cm³/mol. The van der Waals surface area contributed by atoms with Crippen LogP contribution >= 0.6 is 11.8 Å². The van der Waals surface area contributed by atoms with Crippen LogP contribution in [0.1, 0.15) is 16.7 Å². The zero-order valence-electron chi connectivity index (χ0n) is 11.6. The van der Waals surface area contributed by atoms with Crippen LogP contribution in [0, 0.1) is 13.8 Å². The third kappa shape index (κ3) is 4.73. The molecule has 1 unspecified atom stereocenters. The van der Waals surface area contributed by atoms with E-state index in [4.69, 9.17) is 5.73 Å². The SMILES string of the molecule is Cc1ccc(SCC(N)Cc2cccc(C)c2)cc1. The van der Waals surface area contributed by atoms with Gasteiger partial charge in [-0.05, 0) is 38.0 Å². The molecule has 0 fully saturated rings. The van der Waals surface area contributed by atoms with Gasteiger partial charge in [-0.25, -0.2) is 0 Å². The maximum atomic E-state index is 6.21. The first kappa shape index (κ1) is 14.2. The van der Waals surface area contributed by atoms with Crippen LogP contribution in [0.2, 0.25) is 0 Å². The Morgan fingerprint density at radius 1 is 1.00 bits per heavy atom. The molecule has 2 aromatic carbocycles. The fourth-order valence-electron chi connectivity index (χ4n) is 2.04. The first-order valence-electron chi connectivity index (χ1n) is 6.64. The van der Waals surface area contributed by atoms with Gasteiger partial charge in [0.25, 0.3) is 0 Å². The minimum atomic E-state index is 0.202. The van der Waals surface area contributed by atoms with Crippen molar-refractivity contribution in [3.63, 3.8) is 0 Å². The van der Waals surface area contributed by atoms with Gasteiger partial charge in [0.2, 0.25) is 0 Å². The van der Waals surface area contributed by atoms with Crippen LogP contribution in [-0.2, 0) is 6.42 Å². The van der Waals surface area contributed by atoms with E-state index in [-0.39, 0.29) is 6.04 Å². The van der Waals surface area contributed by atoms with Crippen LogP contribution in [0.3, 0.4) is 0 Å². The molecule has 0 aliphatic carbocycles. The van der Waals surface area contributed by atoms with Crippen LogP contribution < -0.4 is 5.73 Å². The molecule has 0 heterocycles. The molecule has 0 aliphatic rings. The molecule has 100 valence electrons. The lowest BCUT2D eigenvalue weighted by atomic mass is 10.1. The number of hydrogen-bond acceptors (Lipinski definition) is 2. The quantitative estimate of drug-likeness (QED) is 0.833. The minimum absolute atomic E-state index is 0.202. The Balaban J connectivity index is 1.84. The number of hydrogen-bond donors (Lipinski definition) is 1. The zero-order valence-corrected chi connectivity index (χ0v) is 12.4.